The van der Waals surface area contributed by atoms with E-state index in [1.807, 2.05) is 0 Å². The summed E-state index contributed by atoms with van der Waals surface area (Å²) in [6, 6.07) is 31.3. The van der Waals surface area contributed by atoms with E-state index in [0.717, 1.165) is 0 Å². The van der Waals surface area contributed by atoms with Crippen molar-refractivity contribution in [2.24, 2.45) is 0 Å². The molecule has 28 heavy (non-hydrogen) atoms. The van der Waals surface area contributed by atoms with Gasteiger partial charge < -0.3 is 0 Å². The van der Waals surface area contributed by atoms with Crippen LogP contribution in [-0.4, -0.2) is 0 Å². The summed E-state index contributed by atoms with van der Waals surface area (Å²) in [5, 5.41) is 5.57. The molecule has 0 aliphatic carbocycles. The van der Waals surface area contributed by atoms with E-state index < -0.39 is 0 Å². The Labute approximate surface area is 169 Å². The molecule has 4 aromatic rings. The highest BCUT2D eigenvalue weighted by molar-refractivity contribution is 5.87. The fourth-order valence-electron chi connectivity index (χ4n) is 4.77. The van der Waals surface area contributed by atoms with Crippen molar-refractivity contribution in [1.29, 1.82) is 0 Å². The molecular formula is C28H30. The third-order valence-electron chi connectivity index (χ3n) is 6.38. The summed E-state index contributed by atoms with van der Waals surface area (Å²) in [5.41, 5.74) is 3.04. The average Bonchev–Trinajstić information content (AvgIpc) is 2.76. The van der Waals surface area contributed by atoms with Crippen molar-refractivity contribution >= 4 is 21.5 Å². The van der Waals surface area contributed by atoms with E-state index in [2.05, 4.69) is 98.8 Å². The second-order valence-corrected chi connectivity index (χ2v) is 7.92. The number of benzene rings is 4. The zero-order valence-corrected chi connectivity index (χ0v) is 17.1. The average molecular weight is 367 g/mol. The van der Waals surface area contributed by atoms with E-state index in [1.165, 1.54) is 58.4 Å². The van der Waals surface area contributed by atoms with Crippen molar-refractivity contribution in [1.82, 2.24) is 0 Å². The van der Waals surface area contributed by atoms with Gasteiger partial charge in [0, 0.05) is 0 Å². The van der Waals surface area contributed by atoms with Gasteiger partial charge in [0.05, 0.1) is 0 Å². The molecule has 0 saturated heterocycles. The minimum Gasteiger partial charge on any atom is -0.0648 e. The molecule has 0 heteroatoms. The molecule has 0 nitrogen and oxygen atoms in total. The van der Waals surface area contributed by atoms with Crippen LogP contribution in [0.2, 0.25) is 0 Å². The topological polar surface area (TPSA) is 0 Å². The molecule has 0 fully saturated rings. The highest BCUT2D eigenvalue weighted by Crippen LogP contribution is 2.36. The van der Waals surface area contributed by atoms with Gasteiger partial charge in [-0.2, -0.15) is 0 Å². The minimum absolute atomic E-state index is 0.620. The van der Waals surface area contributed by atoms with E-state index in [0.29, 0.717) is 11.8 Å². The van der Waals surface area contributed by atoms with Gasteiger partial charge in [0.15, 0.2) is 0 Å². The summed E-state index contributed by atoms with van der Waals surface area (Å²) < 4.78 is 0. The molecule has 4 rings (SSSR count). The van der Waals surface area contributed by atoms with E-state index in [1.54, 1.807) is 0 Å². The van der Waals surface area contributed by atoms with Gasteiger partial charge in [-0.1, -0.05) is 98.8 Å². The lowest BCUT2D eigenvalue weighted by molar-refractivity contribution is 0.511. The Morgan fingerprint density at radius 3 is 1.32 bits per heavy atom. The molecular weight excluding hydrogens is 336 g/mol. The first-order chi connectivity index (χ1) is 13.8. The highest BCUT2D eigenvalue weighted by atomic mass is 14.2. The molecule has 142 valence electrons. The molecule has 0 saturated carbocycles. The Balaban J connectivity index is 1.60. The van der Waals surface area contributed by atoms with Crippen LogP contribution >= 0.6 is 0 Å². The Bertz CT molecular complexity index is 962. The molecule has 0 radical (unpaired) electrons. The Morgan fingerprint density at radius 2 is 0.893 bits per heavy atom. The number of rotatable bonds is 7. The van der Waals surface area contributed by atoms with E-state index in [9.17, 15) is 0 Å². The monoisotopic (exact) mass is 366 g/mol. The van der Waals surface area contributed by atoms with Gasteiger partial charge in [0.25, 0.3) is 0 Å². The van der Waals surface area contributed by atoms with E-state index >= 15 is 0 Å². The highest BCUT2D eigenvalue weighted by Gasteiger charge is 2.17. The summed E-state index contributed by atoms with van der Waals surface area (Å²) in [6.45, 7) is 4.68. The van der Waals surface area contributed by atoms with Gasteiger partial charge in [0.1, 0.15) is 0 Å². The number of hydrogen-bond donors (Lipinski definition) is 0. The summed E-state index contributed by atoms with van der Waals surface area (Å²) in [6.07, 6.45) is 4.87. The summed E-state index contributed by atoms with van der Waals surface area (Å²) in [7, 11) is 0. The zero-order chi connectivity index (χ0) is 19.3. The third kappa shape index (κ3) is 3.69. The van der Waals surface area contributed by atoms with Crippen LogP contribution in [0.1, 0.15) is 62.5 Å². The van der Waals surface area contributed by atoms with Crippen LogP contribution in [-0.2, 0) is 0 Å². The molecule has 0 heterocycles. The quantitative estimate of drug-likeness (QED) is 0.308. The molecule has 4 aromatic carbocycles. The first-order valence-electron chi connectivity index (χ1n) is 10.8. The van der Waals surface area contributed by atoms with Crippen LogP contribution in [0.3, 0.4) is 0 Å². The first-order valence-corrected chi connectivity index (χ1v) is 10.8. The molecule has 0 aromatic heterocycles. The zero-order valence-electron chi connectivity index (χ0n) is 17.1. The van der Waals surface area contributed by atoms with Crippen molar-refractivity contribution in [2.45, 2.75) is 51.4 Å². The Morgan fingerprint density at radius 1 is 0.500 bits per heavy atom. The van der Waals surface area contributed by atoms with Crippen molar-refractivity contribution in [3.63, 3.8) is 0 Å². The van der Waals surface area contributed by atoms with E-state index in [-0.39, 0.29) is 0 Å². The van der Waals surface area contributed by atoms with Crippen LogP contribution in [0, 0.1) is 0 Å². The Kier molecular flexibility index (Phi) is 5.76. The molecule has 0 amide bonds. The van der Waals surface area contributed by atoms with Crippen molar-refractivity contribution in [3.05, 3.63) is 96.1 Å². The minimum atomic E-state index is 0.620. The van der Waals surface area contributed by atoms with E-state index in [4.69, 9.17) is 0 Å². The van der Waals surface area contributed by atoms with Gasteiger partial charge in [-0.3, -0.25) is 0 Å². The lowest BCUT2D eigenvalue weighted by Crippen LogP contribution is -2.04. The maximum atomic E-state index is 2.34. The summed E-state index contributed by atoms with van der Waals surface area (Å²) in [4.78, 5) is 0. The van der Waals surface area contributed by atoms with Gasteiger partial charge in [-0.15, -0.1) is 0 Å². The molecule has 0 spiro atoms. The normalized spacial score (nSPS) is 13.6. The summed E-state index contributed by atoms with van der Waals surface area (Å²) >= 11 is 0. The van der Waals surface area contributed by atoms with Gasteiger partial charge >= 0.3 is 0 Å². The lowest BCUT2D eigenvalue weighted by atomic mass is 9.82. The molecule has 2 atom stereocenters. The van der Waals surface area contributed by atoms with Crippen molar-refractivity contribution in [3.8, 4) is 0 Å². The maximum absolute atomic E-state index is 2.34. The predicted molar refractivity (Wildman–Crippen MR) is 123 cm³/mol. The first kappa shape index (κ1) is 18.7. The fraction of sp³-hybridized carbons (Fsp3) is 0.286. The third-order valence-corrected chi connectivity index (χ3v) is 6.38. The van der Waals surface area contributed by atoms with Gasteiger partial charge in [0.2, 0.25) is 0 Å². The van der Waals surface area contributed by atoms with Crippen LogP contribution < -0.4 is 0 Å². The van der Waals surface area contributed by atoms with Gasteiger partial charge in [-0.25, -0.2) is 0 Å². The smallest absolute Gasteiger partial charge is 0.0149 e. The van der Waals surface area contributed by atoms with Crippen LogP contribution in [0.5, 0.6) is 0 Å². The summed E-state index contributed by atoms with van der Waals surface area (Å²) in [5.74, 6) is 1.24. The Hall–Kier alpha value is -2.60. The SMILES string of the molecule is CCC(CCC(CC)c1cccc2ccccc12)c1cccc2ccccc12. The largest absolute Gasteiger partial charge is 0.0648 e. The van der Waals surface area contributed by atoms with Gasteiger partial charge in [-0.05, 0) is 70.2 Å². The molecule has 2 unspecified atom stereocenters. The standard InChI is InChI=1S/C28H30/c1-3-21(25-17-9-13-23-11-5-7-15-27(23)25)19-20-22(4-2)26-18-10-14-24-12-6-8-16-28(24)26/h5-18,21-22H,3-4,19-20H2,1-2H3. The second-order valence-electron chi connectivity index (χ2n) is 7.92. The van der Waals surface area contributed by atoms with Crippen molar-refractivity contribution < 1.29 is 0 Å². The molecule has 0 N–H and O–H groups in total. The van der Waals surface area contributed by atoms with Crippen molar-refractivity contribution in [2.75, 3.05) is 0 Å². The fourth-order valence-corrected chi connectivity index (χ4v) is 4.77. The number of fused-ring (bicyclic) bond motifs is 2. The number of hydrogen-bond acceptors (Lipinski definition) is 0. The van der Waals surface area contributed by atoms with Crippen LogP contribution in [0.15, 0.2) is 84.9 Å². The molecule has 0 aliphatic heterocycles. The van der Waals surface area contributed by atoms with Crippen LogP contribution in [0.25, 0.3) is 21.5 Å². The molecule has 0 bridgehead atoms. The van der Waals surface area contributed by atoms with Crippen LogP contribution in [0.4, 0.5) is 0 Å². The lowest BCUT2D eigenvalue weighted by Gasteiger charge is -2.22. The molecule has 0 aliphatic rings. The second kappa shape index (κ2) is 8.61. The predicted octanol–water partition coefficient (Wildman–Crippen LogP) is 8.46. The maximum Gasteiger partial charge on any atom is -0.0149 e.